The van der Waals surface area contributed by atoms with Crippen LogP contribution in [0.3, 0.4) is 0 Å². The molecule has 3 unspecified atom stereocenters. The Kier molecular flexibility index (Phi) is 8.37. The van der Waals surface area contributed by atoms with Crippen LogP contribution in [0, 0.1) is 5.92 Å². The van der Waals surface area contributed by atoms with Gasteiger partial charge in [0.25, 0.3) is 0 Å². The number of esters is 1. The average Bonchev–Trinajstić information content (AvgIpc) is 2.34. The van der Waals surface area contributed by atoms with Crippen LogP contribution in [0.25, 0.3) is 0 Å². The summed E-state index contributed by atoms with van der Waals surface area (Å²) in [5, 5.41) is 5.91. The Labute approximate surface area is 110 Å². The third-order valence-electron chi connectivity index (χ3n) is 3.03. The number of rotatable bonds is 8. The van der Waals surface area contributed by atoms with E-state index in [0.29, 0.717) is 6.42 Å². The van der Waals surface area contributed by atoms with Gasteiger partial charge in [-0.1, -0.05) is 27.2 Å². The fourth-order valence-corrected chi connectivity index (χ4v) is 1.73. The molecule has 0 fully saturated rings. The average molecular weight is 258 g/mol. The second kappa shape index (κ2) is 8.91. The predicted octanol–water partition coefficient (Wildman–Crippen LogP) is 1.08. The summed E-state index contributed by atoms with van der Waals surface area (Å²) in [6.45, 7) is 8.66. The fraction of sp³-hybridized carbons (Fsp3) is 0.846. The van der Waals surface area contributed by atoms with E-state index in [1.54, 1.807) is 0 Å². The van der Waals surface area contributed by atoms with E-state index in [1.165, 1.54) is 7.11 Å². The summed E-state index contributed by atoms with van der Waals surface area (Å²) in [6, 6.07) is -0.452. The standard InChI is InChI=1S/C13H26N2O3/c1-6-9(3)12(13(17)18-5)15-11(16)8-10(4)14-7-2/h9-10,12,14H,6-8H2,1-5H3,(H,15,16). The number of ether oxygens (including phenoxy) is 1. The highest BCUT2D eigenvalue weighted by Gasteiger charge is 2.26. The van der Waals surface area contributed by atoms with Crippen LogP contribution in [-0.4, -0.2) is 37.6 Å². The molecule has 18 heavy (non-hydrogen) atoms. The Morgan fingerprint density at radius 3 is 2.28 bits per heavy atom. The Morgan fingerprint density at radius 1 is 1.22 bits per heavy atom. The van der Waals surface area contributed by atoms with E-state index in [1.807, 2.05) is 27.7 Å². The van der Waals surface area contributed by atoms with Crippen LogP contribution < -0.4 is 10.6 Å². The van der Waals surface area contributed by atoms with Crippen molar-refractivity contribution in [2.24, 2.45) is 5.92 Å². The quantitative estimate of drug-likeness (QED) is 0.639. The van der Waals surface area contributed by atoms with Crippen LogP contribution in [0.15, 0.2) is 0 Å². The molecule has 5 nitrogen and oxygen atoms in total. The van der Waals surface area contributed by atoms with Crippen LogP contribution in [0.1, 0.15) is 40.5 Å². The largest absolute Gasteiger partial charge is 0.467 e. The van der Waals surface area contributed by atoms with Crippen molar-refractivity contribution in [1.29, 1.82) is 0 Å². The minimum atomic E-state index is -0.554. The van der Waals surface area contributed by atoms with Gasteiger partial charge in [0, 0.05) is 12.5 Å². The van der Waals surface area contributed by atoms with E-state index in [9.17, 15) is 9.59 Å². The first kappa shape index (κ1) is 16.9. The smallest absolute Gasteiger partial charge is 0.328 e. The van der Waals surface area contributed by atoms with Crippen LogP contribution in [0.4, 0.5) is 0 Å². The molecule has 0 aliphatic carbocycles. The Hall–Kier alpha value is -1.10. The molecule has 0 radical (unpaired) electrons. The number of carbonyl (C=O) groups excluding carboxylic acids is 2. The zero-order chi connectivity index (χ0) is 14.1. The molecular formula is C13H26N2O3. The van der Waals surface area contributed by atoms with Gasteiger partial charge in [0.2, 0.25) is 5.91 Å². The summed E-state index contributed by atoms with van der Waals surface area (Å²) in [7, 11) is 1.34. The lowest BCUT2D eigenvalue weighted by Gasteiger charge is -2.22. The normalized spacial score (nSPS) is 15.6. The van der Waals surface area contributed by atoms with Crippen LogP contribution in [0.2, 0.25) is 0 Å². The molecule has 106 valence electrons. The molecule has 5 heteroatoms. The highest BCUT2D eigenvalue weighted by atomic mass is 16.5. The van der Waals surface area contributed by atoms with E-state index in [2.05, 4.69) is 10.6 Å². The van der Waals surface area contributed by atoms with Crippen LogP contribution >= 0.6 is 0 Å². The molecule has 0 aliphatic rings. The number of hydrogen-bond acceptors (Lipinski definition) is 4. The van der Waals surface area contributed by atoms with Crippen molar-refractivity contribution in [2.45, 2.75) is 52.6 Å². The Balaban J connectivity index is 4.40. The number of amides is 1. The number of methoxy groups -OCH3 is 1. The molecule has 0 saturated carbocycles. The van der Waals surface area contributed by atoms with Gasteiger partial charge < -0.3 is 15.4 Å². The lowest BCUT2D eigenvalue weighted by molar-refractivity contribution is -0.146. The van der Waals surface area contributed by atoms with Crippen molar-refractivity contribution in [3.63, 3.8) is 0 Å². The van der Waals surface area contributed by atoms with E-state index >= 15 is 0 Å². The first-order valence-corrected chi connectivity index (χ1v) is 6.56. The van der Waals surface area contributed by atoms with Gasteiger partial charge in [-0.25, -0.2) is 4.79 Å². The lowest BCUT2D eigenvalue weighted by Crippen LogP contribution is -2.47. The minimum absolute atomic E-state index is 0.0656. The maximum absolute atomic E-state index is 11.8. The minimum Gasteiger partial charge on any atom is -0.467 e. The summed E-state index contributed by atoms with van der Waals surface area (Å²) in [6.07, 6.45) is 1.17. The highest BCUT2D eigenvalue weighted by molar-refractivity contribution is 5.84. The predicted molar refractivity (Wildman–Crippen MR) is 71.2 cm³/mol. The summed E-state index contributed by atoms with van der Waals surface area (Å²) in [5.41, 5.74) is 0. The third kappa shape index (κ3) is 6.00. The second-order valence-corrected chi connectivity index (χ2v) is 4.62. The summed E-state index contributed by atoms with van der Waals surface area (Å²) in [4.78, 5) is 23.4. The van der Waals surface area contributed by atoms with Gasteiger partial charge >= 0.3 is 5.97 Å². The monoisotopic (exact) mass is 258 g/mol. The molecule has 0 aromatic rings. The second-order valence-electron chi connectivity index (χ2n) is 4.62. The summed E-state index contributed by atoms with van der Waals surface area (Å²) >= 11 is 0. The molecule has 0 heterocycles. The zero-order valence-corrected chi connectivity index (χ0v) is 12.1. The lowest BCUT2D eigenvalue weighted by atomic mass is 9.99. The number of nitrogens with one attached hydrogen (secondary N) is 2. The van der Waals surface area contributed by atoms with Crippen molar-refractivity contribution >= 4 is 11.9 Å². The van der Waals surface area contributed by atoms with Gasteiger partial charge in [-0.2, -0.15) is 0 Å². The zero-order valence-electron chi connectivity index (χ0n) is 12.1. The van der Waals surface area contributed by atoms with Crippen molar-refractivity contribution in [3.05, 3.63) is 0 Å². The molecule has 1 amide bonds. The number of carbonyl (C=O) groups is 2. The third-order valence-corrected chi connectivity index (χ3v) is 3.03. The molecule has 0 saturated heterocycles. The molecule has 3 atom stereocenters. The molecule has 0 spiro atoms. The maximum atomic E-state index is 11.8. The van der Waals surface area contributed by atoms with Gasteiger partial charge in [0.05, 0.1) is 7.11 Å². The van der Waals surface area contributed by atoms with Gasteiger partial charge in [-0.15, -0.1) is 0 Å². The van der Waals surface area contributed by atoms with Crippen molar-refractivity contribution in [2.75, 3.05) is 13.7 Å². The summed E-state index contributed by atoms with van der Waals surface area (Å²) < 4.78 is 4.72. The fourth-order valence-electron chi connectivity index (χ4n) is 1.73. The molecule has 2 N–H and O–H groups in total. The van der Waals surface area contributed by atoms with E-state index < -0.39 is 6.04 Å². The first-order valence-electron chi connectivity index (χ1n) is 6.56. The molecular weight excluding hydrogens is 232 g/mol. The van der Waals surface area contributed by atoms with Crippen LogP contribution in [0.5, 0.6) is 0 Å². The van der Waals surface area contributed by atoms with Gasteiger partial charge in [0.1, 0.15) is 6.04 Å². The van der Waals surface area contributed by atoms with Crippen molar-refractivity contribution < 1.29 is 14.3 Å². The molecule has 0 aromatic carbocycles. The molecule has 0 rings (SSSR count). The van der Waals surface area contributed by atoms with Crippen LogP contribution in [-0.2, 0) is 14.3 Å². The van der Waals surface area contributed by atoms with E-state index in [4.69, 9.17) is 4.74 Å². The van der Waals surface area contributed by atoms with Gasteiger partial charge in [0.15, 0.2) is 0 Å². The summed E-state index contributed by atoms with van der Waals surface area (Å²) in [5.74, 6) is -0.441. The van der Waals surface area contributed by atoms with E-state index in [-0.39, 0.29) is 23.8 Å². The molecule has 0 aliphatic heterocycles. The topological polar surface area (TPSA) is 67.4 Å². The van der Waals surface area contributed by atoms with Gasteiger partial charge in [-0.3, -0.25) is 4.79 Å². The Bertz CT molecular complexity index is 269. The van der Waals surface area contributed by atoms with Crippen molar-refractivity contribution in [1.82, 2.24) is 10.6 Å². The SMILES string of the molecule is CCNC(C)CC(=O)NC(C(=O)OC)C(C)CC. The number of hydrogen-bond donors (Lipinski definition) is 2. The van der Waals surface area contributed by atoms with E-state index in [0.717, 1.165) is 13.0 Å². The molecule has 0 aromatic heterocycles. The first-order chi connectivity index (χ1) is 8.46. The highest BCUT2D eigenvalue weighted by Crippen LogP contribution is 2.09. The maximum Gasteiger partial charge on any atom is 0.328 e. The Morgan fingerprint density at radius 2 is 1.83 bits per heavy atom. The van der Waals surface area contributed by atoms with Crippen molar-refractivity contribution in [3.8, 4) is 0 Å². The van der Waals surface area contributed by atoms with Gasteiger partial charge in [-0.05, 0) is 19.4 Å². The molecule has 0 bridgehead atoms.